The van der Waals surface area contributed by atoms with Gasteiger partial charge in [-0.05, 0) is 40.8 Å². The first-order valence-corrected chi connectivity index (χ1v) is 9.97. The number of aromatic nitrogens is 4. The third kappa shape index (κ3) is 6.47. The SMILES string of the molecule is Cn1nnnc1SCC(=O)Nc1ccc(C(=O)NCc2ccccc2OC(F)F)cc1. The number of nitrogens with one attached hydrogen (secondary N) is 2. The minimum atomic E-state index is -2.95. The summed E-state index contributed by atoms with van der Waals surface area (Å²) in [5, 5.41) is 16.8. The van der Waals surface area contributed by atoms with Crippen LogP contribution in [0.1, 0.15) is 15.9 Å². The molecular formula is C19H18F2N6O3S. The number of hydrogen-bond acceptors (Lipinski definition) is 7. The number of tetrazole rings is 1. The van der Waals surface area contributed by atoms with E-state index in [1.54, 1.807) is 49.5 Å². The molecule has 2 N–H and O–H groups in total. The van der Waals surface area contributed by atoms with Crippen molar-refractivity contribution in [3.05, 3.63) is 59.7 Å². The highest BCUT2D eigenvalue weighted by Crippen LogP contribution is 2.20. The van der Waals surface area contributed by atoms with E-state index in [4.69, 9.17) is 0 Å². The molecular weight excluding hydrogens is 430 g/mol. The number of ether oxygens (including phenoxy) is 1. The second-order valence-corrected chi connectivity index (χ2v) is 7.11. The van der Waals surface area contributed by atoms with Crippen molar-refractivity contribution in [3.63, 3.8) is 0 Å². The maximum absolute atomic E-state index is 12.5. The minimum absolute atomic E-state index is 0.00540. The van der Waals surface area contributed by atoms with Crippen LogP contribution in [-0.2, 0) is 18.4 Å². The summed E-state index contributed by atoms with van der Waals surface area (Å²) < 4.78 is 30.9. The van der Waals surface area contributed by atoms with Gasteiger partial charge in [0, 0.05) is 30.4 Å². The van der Waals surface area contributed by atoms with Gasteiger partial charge in [-0.3, -0.25) is 9.59 Å². The van der Waals surface area contributed by atoms with Crippen molar-refractivity contribution >= 4 is 29.3 Å². The molecule has 2 aromatic carbocycles. The van der Waals surface area contributed by atoms with E-state index in [1.807, 2.05) is 0 Å². The van der Waals surface area contributed by atoms with Crippen molar-refractivity contribution in [1.82, 2.24) is 25.5 Å². The number of alkyl halides is 2. The van der Waals surface area contributed by atoms with Gasteiger partial charge in [0.1, 0.15) is 5.75 Å². The Morgan fingerprint density at radius 3 is 2.58 bits per heavy atom. The van der Waals surface area contributed by atoms with Gasteiger partial charge in [0.15, 0.2) is 0 Å². The van der Waals surface area contributed by atoms with E-state index < -0.39 is 12.5 Å². The van der Waals surface area contributed by atoms with E-state index in [2.05, 4.69) is 30.9 Å². The fourth-order valence-electron chi connectivity index (χ4n) is 2.51. The van der Waals surface area contributed by atoms with E-state index in [0.29, 0.717) is 22.0 Å². The Bertz CT molecular complexity index is 1050. The van der Waals surface area contributed by atoms with Gasteiger partial charge in [-0.2, -0.15) is 8.78 Å². The number of nitrogens with zero attached hydrogens (tertiary/aromatic N) is 4. The van der Waals surface area contributed by atoms with Gasteiger partial charge in [-0.25, -0.2) is 4.68 Å². The monoisotopic (exact) mass is 448 g/mol. The topological polar surface area (TPSA) is 111 Å². The summed E-state index contributed by atoms with van der Waals surface area (Å²) in [6.45, 7) is -2.93. The normalized spacial score (nSPS) is 10.7. The molecule has 9 nitrogen and oxygen atoms in total. The third-order valence-corrected chi connectivity index (χ3v) is 4.98. The molecule has 0 aliphatic carbocycles. The maximum Gasteiger partial charge on any atom is 0.387 e. The number of benzene rings is 2. The van der Waals surface area contributed by atoms with Crippen molar-refractivity contribution in [2.75, 3.05) is 11.1 Å². The number of anilines is 1. The van der Waals surface area contributed by atoms with Crippen LogP contribution in [0, 0.1) is 0 Å². The Hall–Kier alpha value is -3.54. The number of thioether (sulfide) groups is 1. The standard InChI is InChI=1S/C19H18F2N6O3S/c1-27-19(24-25-26-27)31-11-16(28)23-14-8-6-12(7-9-14)17(29)22-10-13-4-2-3-5-15(13)30-18(20)21/h2-9,18H,10-11H2,1H3,(H,22,29)(H,23,28). The van der Waals surface area contributed by atoms with Crippen molar-refractivity contribution in [1.29, 1.82) is 0 Å². The zero-order valence-electron chi connectivity index (χ0n) is 16.3. The fraction of sp³-hybridized carbons (Fsp3) is 0.211. The molecule has 0 fully saturated rings. The highest BCUT2D eigenvalue weighted by atomic mass is 32.2. The second-order valence-electron chi connectivity index (χ2n) is 6.17. The Morgan fingerprint density at radius 1 is 1.16 bits per heavy atom. The van der Waals surface area contributed by atoms with Crippen LogP contribution in [0.25, 0.3) is 0 Å². The van der Waals surface area contributed by atoms with Crippen molar-refractivity contribution in [2.24, 2.45) is 7.05 Å². The van der Waals surface area contributed by atoms with Crippen LogP contribution in [0.5, 0.6) is 5.75 Å². The molecule has 0 atom stereocenters. The van der Waals surface area contributed by atoms with Crippen LogP contribution >= 0.6 is 11.8 Å². The number of carbonyl (C=O) groups excluding carboxylic acids is 2. The van der Waals surface area contributed by atoms with Crippen LogP contribution < -0.4 is 15.4 Å². The van der Waals surface area contributed by atoms with E-state index in [0.717, 1.165) is 0 Å². The first kappa shape index (κ1) is 22.2. The first-order chi connectivity index (χ1) is 14.9. The van der Waals surface area contributed by atoms with E-state index in [1.165, 1.54) is 22.5 Å². The molecule has 0 saturated carbocycles. The molecule has 162 valence electrons. The van der Waals surface area contributed by atoms with Gasteiger partial charge < -0.3 is 15.4 Å². The maximum atomic E-state index is 12.5. The molecule has 0 saturated heterocycles. The molecule has 3 aromatic rings. The largest absolute Gasteiger partial charge is 0.434 e. The Balaban J connectivity index is 1.51. The van der Waals surface area contributed by atoms with Crippen molar-refractivity contribution in [3.8, 4) is 5.75 Å². The molecule has 0 aliphatic heterocycles. The summed E-state index contributed by atoms with van der Waals surface area (Å²) in [5.74, 6) is -0.516. The molecule has 1 heterocycles. The molecule has 1 aromatic heterocycles. The van der Waals surface area contributed by atoms with Crippen LogP contribution in [0.15, 0.2) is 53.7 Å². The van der Waals surface area contributed by atoms with Gasteiger partial charge in [0.05, 0.1) is 5.75 Å². The number of amides is 2. The molecule has 0 spiro atoms. The highest BCUT2D eigenvalue weighted by Gasteiger charge is 2.12. The number of carbonyl (C=O) groups is 2. The molecule has 0 aliphatic rings. The number of halogens is 2. The fourth-order valence-corrected chi connectivity index (χ4v) is 3.16. The van der Waals surface area contributed by atoms with Crippen LogP contribution in [0.4, 0.5) is 14.5 Å². The van der Waals surface area contributed by atoms with Gasteiger partial charge in [-0.15, -0.1) is 5.10 Å². The lowest BCUT2D eigenvalue weighted by molar-refractivity contribution is -0.113. The number of para-hydroxylation sites is 1. The molecule has 12 heteroatoms. The summed E-state index contributed by atoms with van der Waals surface area (Å²) in [6, 6.07) is 12.5. The third-order valence-electron chi connectivity index (χ3n) is 3.97. The molecule has 31 heavy (non-hydrogen) atoms. The average molecular weight is 448 g/mol. The number of hydrogen-bond donors (Lipinski definition) is 2. The molecule has 0 bridgehead atoms. The van der Waals surface area contributed by atoms with E-state index >= 15 is 0 Å². The zero-order valence-corrected chi connectivity index (χ0v) is 17.1. The van der Waals surface area contributed by atoms with Crippen LogP contribution in [-0.4, -0.2) is 44.4 Å². The summed E-state index contributed by atoms with van der Waals surface area (Å²) in [5.41, 5.74) is 1.30. The van der Waals surface area contributed by atoms with Crippen molar-refractivity contribution in [2.45, 2.75) is 18.3 Å². The zero-order chi connectivity index (χ0) is 22.2. The Morgan fingerprint density at radius 2 is 1.90 bits per heavy atom. The van der Waals surface area contributed by atoms with Crippen molar-refractivity contribution < 1.29 is 23.1 Å². The number of rotatable bonds is 9. The lowest BCUT2D eigenvalue weighted by Crippen LogP contribution is -2.23. The van der Waals surface area contributed by atoms with Gasteiger partial charge in [-0.1, -0.05) is 30.0 Å². The smallest absolute Gasteiger partial charge is 0.387 e. The van der Waals surface area contributed by atoms with Gasteiger partial charge in [0.25, 0.3) is 5.91 Å². The molecule has 2 amide bonds. The van der Waals surface area contributed by atoms with Gasteiger partial charge >= 0.3 is 6.61 Å². The molecule has 0 radical (unpaired) electrons. The number of aryl methyl sites for hydroxylation is 1. The Kier molecular flexibility index (Phi) is 7.49. The summed E-state index contributed by atoms with van der Waals surface area (Å²) in [4.78, 5) is 24.4. The summed E-state index contributed by atoms with van der Waals surface area (Å²) in [6.07, 6.45) is 0. The van der Waals surface area contributed by atoms with Crippen LogP contribution in [0.2, 0.25) is 0 Å². The lowest BCUT2D eigenvalue weighted by Gasteiger charge is -2.11. The van der Waals surface area contributed by atoms with Gasteiger partial charge in [0.2, 0.25) is 11.1 Å². The van der Waals surface area contributed by atoms with Crippen LogP contribution in [0.3, 0.4) is 0 Å². The molecule has 0 unspecified atom stereocenters. The minimum Gasteiger partial charge on any atom is -0.434 e. The van der Waals surface area contributed by atoms with E-state index in [9.17, 15) is 18.4 Å². The average Bonchev–Trinajstić information content (AvgIpc) is 3.16. The molecule has 3 rings (SSSR count). The summed E-state index contributed by atoms with van der Waals surface area (Å²) >= 11 is 1.19. The summed E-state index contributed by atoms with van der Waals surface area (Å²) in [7, 11) is 1.68. The lowest BCUT2D eigenvalue weighted by atomic mass is 10.1. The highest BCUT2D eigenvalue weighted by molar-refractivity contribution is 7.99. The van der Waals surface area contributed by atoms with E-state index in [-0.39, 0.29) is 24.0 Å². The quantitative estimate of drug-likeness (QED) is 0.484. The second kappa shape index (κ2) is 10.5. The predicted octanol–water partition coefficient (Wildman–Crippen LogP) is 2.47. The predicted molar refractivity (Wildman–Crippen MR) is 109 cm³/mol. The first-order valence-electron chi connectivity index (χ1n) is 8.98. The Labute approximate surface area is 180 Å².